The molecule has 2 amide bonds. The lowest BCUT2D eigenvalue weighted by Crippen LogP contribution is -2.61. The number of hydrogen-bond acceptors (Lipinski definition) is 3. The third-order valence-corrected chi connectivity index (χ3v) is 6.54. The minimum absolute atomic E-state index is 0.0264. The van der Waals surface area contributed by atoms with Crippen molar-refractivity contribution in [2.75, 3.05) is 13.7 Å². The number of halogens is 1. The monoisotopic (exact) mass is 368 g/mol. The van der Waals surface area contributed by atoms with Crippen LogP contribution >= 0.6 is 0 Å². The van der Waals surface area contributed by atoms with Crippen molar-refractivity contribution in [2.45, 2.75) is 82.3 Å². The molecule has 0 saturated heterocycles. The van der Waals surface area contributed by atoms with Crippen LogP contribution in [0.4, 0.5) is 9.18 Å². The van der Waals surface area contributed by atoms with E-state index in [1.54, 1.807) is 0 Å². The Labute approximate surface area is 155 Å². The highest BCUT2D eigenvalue weighted by Gasteiger charge is 2.51. The molecule has 0 spiro atoms. The van der Waals surface area contributed by atoms with E-state index in [2.05, 4.69) is 15.4 Å². The lowest BCUT2D eigenvalue weighted by atomic mass is 9.53. The molecule has 4 fully saturated rings. The summed E-state index contributed by atoms with van der Waals surface area (Å²) in [6, 6.07) is -0.0264. The molecule has 6 heteroatoms. The largest absolute Gasteiger partial charge is 0.467 e. The van der Waals surface area contributed by atoms with Gasteiger partial charge in [0.25, 0.3) is 0 Å². The second kappa shape index (κ2) is 8.57. The van der Waals surface area contributed by atoms with Gasteiger partial charge in [0.2, 0.25) is 0 Å². The van der Waals surface area contributed by atoms with E-state index in [1.165, 1.54) is 26.4 Å². The van der Waals surface area contributed by atoms with Crippen molar-refractivity contribution in [2.24, 2.45) is 17.8 Å². The van der Waals surface area contributed by atoms with Crippen molar-refractivity contribution in [3.05, 3.63) is 0 Å². The van der Waals surface area contributed by atoms with Crippen molar-refractivity contribution in [3.63, 3.8) is 0 Å². The second-order valence-electron chi connectivity index (χ2n) is 8.77. The summed E-state index contributed by atoms with van der Waals surface area (Å²) in [5.74, 6) is 1.69. The first-order chi connectivity index (χ1) is 12.5. The molecule has 4 saturated carbocycles. The zero-order valence-electron chi connectivity index (χ0n) is 15.9. The smallest absolute Gasteiger partial charge is 0.340 e. The molecule has 148 valence electrons. The third-order valence-electron chi connectivity index (χ3n) is 6.54. The molecule has 4 aliphatic carbocycles. The van der Waals surface area contributed by atoms with Crippen LogP contribution in [0.5, 0.6) is 0 Å². The molecule has 0 aliphatic heterocycles. The molecular weight excluding hydrogens is 335 g/mol. The second-order valence-corrected chi connectivity index (χ2v) is 8.77. The Morgan fingerprint density at radius 3 is 2.19 bits per heavy atom. The number of carbonyl (C=O) groups excluding carboxylic acids is 2. The minimum Gasteiger partial charge on any atom is -0.467 e. The maximum Gasteiger partial charge on any atom is 0.340 e. The Hall–Kier alpha value is -1.33. The van der Waals surface area contributed by atoms with Gasteiger partial charge in [-0.3, -0.25) is 0 Å². The van der Waals surface area contributed by atoms with Gasteiger partial charge in [-0.05, 0) is 75.5 Å². The van der Waals surface area contributed by atoms with Gasteiger partial charge in [-0.2, -0.15) is 0 Å². The van der Waals surface area contributed by atoms with E-state index in [4.69, 9.17) is 0 Å². The lowest BCUT2D eigenvalue weighted by molar-refractivity contribution is -0.146. The van der Waals surface area contributed by atoms with Crippen LogP contribution in [0.3, 0.4) is 0 Å². The molecular formula is C20H33FN2O3. The van der Waals surface area contributed by atoms with E-state index in [1.807, 2.05) is 0 Å². The molecule has 2 N–H and O–H groups in total. The fourth-order valence-electron chi connectivity index (χ4n) is 5.80. The van der Waals surface area contributed by atoms with E-state index in [-0.39, 0.29) is 18.0 Å². The Bertz CT molecular complexity index is 476. The van der Waals surface area contributed by atoms with Gasteiger partial charge in [-0.25, -0.2) is 14.0 Å². The molecule has 4 bridgehead atoms. The number of amides is 2. The van der Waals surface area contributed by atoms with Crippen molar-refractivity contribution in [1.82, 2.24) is 10.6 Å². The SMILES string of the molecule is COC(=O)C(F)CCCCCCNC(=O)NC12CC3CC(CC(C3)C1)C2. The number of urea groups is 1. The Balaban J connectivity index is 1.26. The zero-order chi connectivity index (χ0) is 18.6. The van der Waals surface area contributed by atoms with E-state index in [9.17, 15) is 14.0 Å². The zero-order valence-corrected chi connectivity index (χ0v) is 15.9. The number of esters is 1. The topological polar surface area (TPSA) is 67.4 Å². The fraction of sp³-hybridized carbons (Fsp3) is 0.900. The van der Waals surface area contributed by atoms with Crippen molar-refractivity contribution in [1.29, 1.82) is 0 Å². The molecule has 0 aromatic carbocycles. The Morgan fingerprint density at radius 1 is 1.04 bits per heavy atom. The summed E-state index contributed by atoms with van der Waals surface area (Å²) in [5, 5.41) is 6.30. The molecule has 5 nitrogen and oxygen atoms in total. The molecule has 26 heavy (non-hydrogen) atoms. The maximum atomic E-state index is 13.3. The third kappa shape index (κ3) is 4.89. The number of alkyl halides is 1. The van der Waals surface area contributed by atoms with Crippen molar-refractivity contribution >= 4 is 12.0 Å². The predicted octanol–water partition coefficient (Wildman–Crippen LogP) is 3.72. The van der Waals surface area contributed by atoms with Crippen LogP contribution in [-0.2, 0) is 9.53 Å². The summed E-state index contributed by atoms with van der Waals surface area (Å²) < 4.78 is 17.7. The van der Waals surface area contributed by atoms with Gasteiger partial charge in [0, 0.05) is 12.1 Å². The summed E-state index contributed by atoms with van der Waals surface area (Å²) in [7, 11) is 1.20. The van der Waals surface area contributed by atoms with E-state index >= 15 is 0 Å². The number of rotatable bonds is 9. The summed E-state index contributed by atoms with van der Waals surface area (Å²) in [5.41, 5.74) is 0.0584. The number of unbranched alkanes of at least 4 members (excludes halogenated alkanes) is 3. The van der Waals surface area contributed by atoms with Crippen LogP contribution in [0, 0.1) is 17.8 Å². The quantitative estimate of drug-likeness (QED) is 0.481. The normalized spacial score (nSPS) is 32.9. The standard InChI is InChI=1S/C20H33FN2O3/c1-26-18(24)17(21)6-4-2-3-5-7-22-19(25)23-20-11-14-8-15(12-20)10-16(9-14)13-20/h14-17H,2-13H2,1H3,(H2,22,23,25). The number of hydrogen-bond donors (Lipinski definition) is 2. The molecule has 0 radical (unpaired) electrons. The molecule has 0 heterocycles. The number of nitrogens with one attached hydrogen (secondary N) is 2. The van der Waals surface area contributed by atoms with Crippen LogP contribution in [0.25, 0.3) is 0 Å². The molecule has 4 rings (SSSR count). The number of methoxy groups -OCH3 is 1. The molecule has 4 aliphatic rings. The summed E-state index contributed by atoms with van der Waals surface area (Å²) in [6.07, 6.45) is 9.64. The average molecular weight is 368 g/mol. The van der Waals surface area contributed by atoms with E-state index in [0.717, 1.165) is 56.3 Å². The van der Waals surface area contributed by atoms with Crippen molar-refractivity contribution < 1.29 is 18.7 Å². The Morgan fingerprint density at radius 2 is 1.62 bits per heavy atom. The van der Waals surface area contributed by atoms with Gasteiger partial charge >= 0.3 is 12.0 Å². The minimum atomic E-state index is -1.51. The van der Waals surface area contributed by atoms with Gasteiger partial charge < -0.3 is 15.4 Å². The highest BCUT2D eigenvalue weighted by atomic mass is 19.1. The van der Waals surface area contributed by atoms with Crippen LogP contribution in [0.15, 0.2) is 0 Å². The van der Waals surface area contributed by atoms with Gasteiger partial charge in [-0.1, -0.05) is 12.8 Å². The first-order valence-corrected chi connectivity index (χ1v) is 10.3. The van der Waals surface area contributed by atoms with Crippen LogP contribution in [0.1, 0.15) is 70.6 Å². The van der Waals surface area contributed by atoms with Gasteiger partial charge in [0.05, 0.1) is 7.11 Å². The molecule has 0 aromatic rings. The summed E-state index contributed by atoms with van der Waals surface area (Å²) >= 11 is 0. The predicted molar refractivity (Wildman–Crippen MR) is 97.4 cm³/mol. The maximum absolute atomic E-state index is 13.3. The van der Waals surface area contributed by atoms with E-state index < -0.39 is 12.1 Å². The van der Waals surface area contributed by atoms with Gasteiger partial charge in [-0.15, -0.1) is 0 Å². The van der Waals surface area contributed by atoms with Gasteiger partial charge in [0.15, 0.2) is 6.17 Å². The summed E-state index contributed by atoms with van der Waals surface area (Å²) in [4.78, 5) is 23.3. The average Bonchev–Trinajstić information content (AvgIpc) is 2.58. The number of carbonyl (C=O) groups is 2. The van der Waals surface area contributed by atoms with Gasteiger partial charge in [0.1, 0.15) is 0 Å². The first kappa shape index (κ1) is 19.4. The van der Waals surface area contributed by atoms with Crippen LogP contribution < -0.4 is 10.6 Å². The molecule has 1 atom stereocenters. The van der Waals surface area contributed by atoms with Crippen molar-refractivity contribution in [3.8, 4) is 0 Å². The highest BCUT2D eigenvalue weighted by Crippen LogP contribution is 2.55. The summed E-state index contributed by atoms with van der Waals surface area (Å²) in [6.45, 7) is 0.647. The molecule has 0 aromatic heterocycles. The Kier molecular flexibility index (Phi) is 6.41. The first-order valence-electron chi connectivity index (χ1n) is 10.3. The fourth-order valence-corrected chi connectivity index (χ4v) is 5.80. The highest BCUT2D eigenvalue weighted by molar-refractivity contribution is 5.75. The molecule has 1 unspecified atom stereocenters. The van der Waals surface area contributed by atoms with E-state index in [0.29, 0.717) is 13.0 Å². The lowest BCUT2D eigenvalue weighted by Gasteiger charge is -2.56. The number of ether oxygens (including phenoxy) is 1. The van der Waals surface area contributed by atoms with Crippen LogP contribution in [-0.4, -0.2) is 37.4 Å². The van der Waals surface area contributed by atoms with Crippen LogP contribution in [0.2, 0.25) is 0 Å².